The van der Waals surface area contributed by atoms with E-state index in [0.29, 0.717) is 0 Å². The second-order valence-corrected chi connectivity index (χ2v) is 3.85. The highest BCUT2D eigenvalue weighted by Gasteiger charge is 2.15. The molecule has 1 fully saturated rings. The number of ether oxygens (including phenoxy) is 1. The Kier molecular flexibility index (Phi) is 3.00. The van der Waals surface area contributed by atoms with Gasteiger partial charge in [0.25, 0.3) is 0 Å². The van der Waals surface area contributed by atoms with E-state index in [-0.39, 0.29) is 6.10 Å². The Morgan fingerprint density at radius 3 is 2.79 bits per heavy atom. The van der Waals surface area contributed by atoms with Crippen molar-refractivity contribution in [3.05, 3.63) is 48.0 Å². The molecule has 0 saturated carbocycles. The van der Waals surface area contributed by atoms with Crippen molar-refractivity contribution in [1.82, 2.24) is 0 Å². The summed E-state index contributed by atoms with van der Waals surface area (Å²) in [7, 11) is 0. The molecule has 0 spiro atoms. The van der Waals surface area contributed by atoms with Gasteiger partial charge in [-0.05, 0) is 24.8 Å². The second-order valence-electron chi connectivity index (χ2n) is 3.85. The molecule has 0 aliphatic carbocycles. The van der Waals surface area contributed by atoms with Gasteiger partial charge in [-0.3, -0.25) is 0 Å². The van der Waals surface area contributed by atoms with Crippen LogP contribution in [0.4, 0.5) is 0 Å². The average Bonchev–Trinajstić information content (AvgIpc) is 2.44. The molecule has 14 heavy (non-hydrogen) atoms. The molecule has 1 saturated heterocycles. The fraction of sp³-hybridized carbons (Fsp3) is 0.385. The summed E-state index contributed by atoms with van der Waals surface area (Å²) < 4.78 is 5.80. The fourth-order valence-corrected chi connectivity index (χ4v) is 1.84. The molecule has 1 unspecified atom stereocenters. The summed E-state index contributed by atoms with van der Waals surface area (Å²) in [5, 5.41) is 0. The van der Waals surface area contributed by atoms with Crippen molar-refractivity contribution in [1.29, 1.82) is 0 Å². The second kappa shape index (κ2) is 4.43. The number of hydrogen-bond donors (Lipinski definition) is 0. The molecule has 1 nitrogen and oxygen atoms in total. The maximum Gasteiger partial charge on any atom is 0.0829 e. The quantitative estimate of drug-likeness (QED) is 0.613. The maximum atomic E-state index is 5.80. The first kappa shape index (κ1) is 9.47. The Bertz CT molecular complexity index is 302. The highest BCUT2D eigenvalue weighted by atomic mass is 16.5. The van der Waals surface area contributed by atoms with Crippen molar-refractivity contribution in [2.45, 2.75) is 25.4 Å². The molecule has 1 aromatic rings. The van der Waals surface area contributed by atoms with Crippen molar-refractivity contribution >= 4 is 0 Å². The van der Waals surface area contributed by atoms with Crippen LogP contribution in [0.5, 0.6) is 0 Å². The summed E-state index contributed by atoms with van der Waals surface area (Å²) >= 11 is 0. The molecule has 0 radical (unpaired) electrons. The third-order valence-corrected chi connectivity index (χ3v) is 2.66. The van der Waals surface area contributed by atoms with E-state index in [0.717, 1.165) is 19.4 Å². The van der Waals surface area contributed by atoms with Crippen LogP contribution in [0, 0.1) is 0 Å². The molecule has 1 atom stereocenters. The first-order valence-corrected chi connectivity index (χ1v) is 5.19. The van der Waals surface area contributed by atoms with E-state index in [9.17, 15) is 0 Å². The minimum atomic E-state index is 0.274. The molecule has 0 amide bonds. The number of hydrogen-bond acceptors (Lipinski definition) is 1. The molecule has 0 bridgehead atoms. The lowest BCUT2D eigenvalue weighted by Gasteiger charge is -2.14. The molecular formula is C13H16O. The minimum absolute atomic E-state index is 0.274. The predicted molar refractivity (Wildman–Crippen MR) is 58.1 cm³/mol. The smallest absolute Gasteiger partial charge is 0.0829 e. The van der Waals surface area contributed by atoms with Crippen LogP contribution in [0.3, 0.4) is 0 Å². The first-order chi connectivity index (χ1) is 6.86. The van der Waals surface area contributed by atoms with E-state index in [2.05, 4.69) is 30.8 Å². The zero-order valence-corrected chi connectivity index (χ0v) is 8.41. The largest absolute Gasteiger partial charge is 0.369 e. The van der Waals surface area contributed by atoms with E-state index >= 15 is 0 Å². The van der Waals surface area contributed by atoms with E-state index < -0.39 is 0 Å². The van der Waals surface area contributed by atoms with Gasteiger partial charge in [0.2, 0.25) is 0 Å². The summed E-state index contributed by atoms with van der Waals surface area (Å²) in [5.41, 5.74) is 2.52. The van der Waals surface area contributed by atoms with E-state index in [1.165, 1.54) is 17.6 Å². The Hall–Kier alpha value is -1.08. The van der Waals surface area contributed by atoms with Crippen LogP contribution < -0.4 is 0 Å². The zero-order chi connectivity index (χ0) is 9.80. The maximum absolute atomic E-state index is 5.80. The van der Waals surface area contributed by atoms with E-state index in [1.54, 1.807) is 0 Å². The van der Waals surface area contributed by atoms with Gasteiger partial charge in [0.15, 0.2) is 0 Å². The highest BCUT2D eigenvalue weighted by molar-refractivity contribution is 5.18. The van der Waals surface area contributed by atoms with Crippen LogP contribution in [-0.4, -0.2) is 6.61 Å². The minimum Gasteiger partial charge on any atom is -0.369 e. The van der Waals surface area contributed by atoms with Gasteiger partial charge in [-0.15, -0.1) is 0 Å². The lowest BCUT2D eigenvalue weighted by molar-refractivity contribution is 0.0714. The molecule has 1 aliphatic heterocycles. The molecule has 2 rings (SSSR count). The standard InChI is InChI=1S/C13H16O/c1-11-6-5-9-13(14-10-11)12-7-3-2-4-8-12/h2-4,7-8,13H,1,5-6,9-10H2. The predicted octanol–water partition coefficient (Wildman–Crippen LogP) is 3.48. The van der Waals surface area contributed by atoms with Crippen LogP contribution in [0.25, 0.3) is 0 Å². The SMILES string of the molecule is C=C1CCCC(c2ccccc2)OC1. The Balaban J connectivity index is 2.08. The number of rotatable bonds is 1. The van der Waals surface area contributed by atoms with Gasteiger partial charge >= 0.3 is 0 Å². The van der Waals surface area contributed by atoms with Gasteiger partial charge in [-0.1, -0.05) is 42.5 Å². The average molecular weight is 188 g/mol. The Morgan fingerprint density at radius 2 is 2.00 bits per heavy atom. The fourth-order valence-electron chi connectivity index (χ4n) is 1.84. The summed E-state index contributed by atoms with van der Waals surface area (Å²) in [6.45, 7) is 4.70. The lowest BCUT2D eigenvalue weighted by atomic mass is 10.0. The van der Waals surface area contributed by atoms with Crippen molar-refractivity contribution < 1.29 is 4.74 Å². The van der Waals surface area contributed by atoms with Crippen LogP contribution >= 0.6 is 0 Å². The van der Waals surface area contributed by atoms with Gasteiger partial charge in [-0.25, -0.2) is 0 Å². The molecule has 0 aromatic heterocycles. The van der Waals surface area contributed by atoms with Crippen LogP contribution in [0.15, 0.2) is 42.5 Å². The highest BCUT2D eigenvalue weighted by Crippen LogP contribution is 2.28. The molecule has 74 valence electrons. The Labute approximate surface area is 85.4 Å². The summed E-state index contributed by atoms with van der Waals surface area (Å²) in [6, 6.07) is 10.5. The zero-order valence-electron chi connectivity index (χ0n) is 8.41. The monoisotopic (exact) mass is 188 g/mol. The van der Waals surface area contributed by atoms with Crippen molar-refractivity contribution in [2.75, 3.05) is 6.61 Å². The third-order valence-electron chi connectivity index (χ3n) is 2.66. The molecule has 1 aromatic carbocycles. The topological polar surface area (TPSA) is 9.23 Å². The normalized spacial score (nSPS) is 23.1. The van der Waals surface area contributed by atoms with Gasteiger partial charge in [0, 0.05) is 0 Å². The Morgan fingerprint density at radius 1 is 1.21 bits per heavy atom. The molecule has 1 heterocycles. The summed E-state index contributed by atoms with van der Waals surface area (Å²) in [6.07, 6.45) is 3.69. The van der Waals surface area contributed by atoms with Gasteiger partial charge in [-0.2, -0.15) is 0 Å². The van der Waals surface area contributed by atoms with Crippen molar-refractivity contribution in [3.8, 4) is 0 Å². The van der Waals surface area contributed by atoms with Gasteiger partial charge in [0.1, 0.15) is 0 Å². The number of benzene rings is 1. The summed E-state index contributed by atoms with van der Waals surface area (Å²) in [5.74, 6) is 0. The van der Waals surface area contributed by atoms with Crippen LogP contribution in [0.2, 0.25) is 0 Å². The molecule has 0 N–H and O–H groups in total. The molecule has 1 aliphatic rings. The molecular weight excluding hydrogens is 172 g/mol. The lowest BCUT2D eigenvalue weighted by Crippen LogP contribution is -2.02. The van der Waals surface area contributed by atoms with Crippen LogP contribution in [0.1, 0.15) is 30.9 Å². The van der Waals surface area contributed by atoms with Crippen molar-refractivity contribution in [2.24, 2.45) is 0 Å². The summed E-state index contributed by atoms with van der Waals surface area (Å²) in [4.78, 5) is 0. The third kappa shape index (κ3) is 2.24. The van der Waals surface area contributed by atoms with Gasteiger partial charge < -0.3 is 4.74 Å². The van der Waals surface area contributed by atoms with E-state index in [1.807, 2.05) is 6.07 Å². The van der Waals surface area contributed by atoms with Crippen LogP contribution in [-0.2, 0) is 4.74 Å². The van der Waals surface area contributed by atoms with Gasteiger partial charge in [0.05, 0.1) is 12.7 Å². The molecule has 1 heteroatoms. The first-order valence-electron chi connectivity index (χ1n) is 5.19. The van der Waals surface area contributed by atoms with Crippen molar-refractivity contribution in [3.63, 3.8) is 0 Å². The van der Waals surface area contributed by atoms with E-state index in [4.69, 9.17) is 4.74 Å².